The SMILES string of the molecule is COc1ccc(-c2cnn(-c3ccc(C)cc3)c2)cc1. The van der Waals surface area contributed by atoms with Crippen molar-refractivity contribution in [1.29, 1.82) is 0 Å². The quantitative estimate of drug-likeness (QED) is 0.718. The number of nitrogens with zero attached hydrogens (tertiary/aromatic N) is 2. The maximum Gasteiger partial charge on any atom is 0.118 e. The van der Waals surface area contributed by atoms with Crippen LogP contribution in [0.1, 0.15) is 5.56 Å². The van der Waals surface area contributed by atoms with Crippen LogP contribution in [0.2, 0.25) is 0 Å². The molecule has 20 heavy (non-hydrogen) atoms. The van der Waals surface area contributed by atoms with E-state index in [1.54, 1.807) is 7.11 Å². The van der Waals surface area contributed by atoms with Gasteiger partial charge in [0.2, 0.25) is 0 Å². The number of aromatic nitrogens is 2. The summed E-state index contributed by atoms with van der Waals surface area (Å²) in [5, 5.41) is 4.42. The normalized spacial score (nSPS) is 10.5. The first kappa shape index (κ1) is 12.5. The summed E-state index contributed by atoms with van der Waals surface area (Å²) in [5.41, 5.74) is 4.53. The van der Waals surface area contributed by atoms with Crippen LogP contribution >= 0.6 is 0 Å². The van der Waals surface area contributed by atoms with Gasteiger partial charge in [0.05, 0.1) is 19.0 Å². The number of hydrogen-bond donors (Lipinski definition) is 0. The van der Waals surface area contributed by atoms with Crippen LogP contribution in [0, 0.1) is 6.92 Å². The molecule has 0 amide bonds. The van der Waals surface area contributed by atoms with E-state index in [-0.39, 0.29) is 0 Å². The predicted octanol–water partition coefficient (Wildman–Crippen LogP) is 3.86. The van der Waals surface area contributed by atoms with E-state index in [4.69, 9.17) is 4.74 Å². The van der Waals surface area contributed by atoms with Gasteiger partial charge in [-0.15, -0.1) is 0 Å². The van der Waals surface area contributed by atoms with Crippen LogP contribution < -0.4 is 4.74 Å². The molecule has 0 bridgehead atoms. The maximum absolute atomic E-state index is 5.17. The molecule has 3 rings (SSSR count). The van der Waals surface area contributed by atoms with Gasteiger partial charge in [-0.2, -0.15) is 5.10 Å². The number of methoxy groups -OCH3 is 1. The summed E-state index contributed by atoms with van der Waals surface area (Å²) in [7, 11) is 1.67. The first-order chi connectivity index (χ1) is 9.76. The number of rotatable bonds is 3. The largest absolute Gasteiger partial charge is 0.497 e. The van der Waals surface area contributed by atoms with Crippen molar-refractivity contribution in [1.82, 2.24) is 9.78 Å². The van der Waals surface area contributed by atoms with Crippen molar-refractivity contribution in [3.63, 3.8) is 0 Å². The molecule has 100 valence electrons. The van der Waals surface area contributed by atoms with E-state index in [9.17, 15) is 0 Å². The highest BCUT2D eigenvalue weighted by Gasteiger charge is 2.03. The number of ether oxygens (including phenoxy) is 1. The van der Waals surface area contributed by atoms with Crippen molar-refractivity contribution in [3.05, 3.63) is 66.5 Å². The van der Waals surface area contributed by atoms with Crippen LogP contribution in [0.25, 0.3) is 16.8 Å². The van der Waals surface area contributed by atoms with Crippen LogP contribution in [-0.4, -0.2) is 16.9 Å². The minimum absolute atomic E-state index is 0.861. The third-order valence-corrected chi connectivity index (χ3v) is 3.30. The van der Waals surface area contributed by atoms with Crippen LogP contribution in [0.5, 0.6) is 5.75 Å². The topological polar surface area (TPSA) is 27.1 Å². The molecule has 0 fully saturated rings. The Kier molecular flexibility index (Phi) is 3.25. The lowest BCUT2D eigenvalue weighted by Gasteiger charge is -2.02. The number of aryl methyl sites for hydroxylation is 1. The summed E-state index contributed by atoms with van der Waals surface area (Å²) in [6.07, 6.45) is 3.91. The van der Waals surface area contributed by atoms with E-state index in [0.29, 0.717) is 0 Å². The molecule has 0 atom stereocenters. The summed E-state index contributed by atoms with van der Waals surface area (Å²) >= 11 is 0. The molecular formula is C17H16N2O. The van der Waals surface area contributed by atoms with Gasteiger partial charge in [-0.1, -0.05) is 29.8 Å². The van der Waals surface area contributed by atoms with Gasteiger partial charge in [-0.3, -0.25) is 0 Å². The summed E-state index contributed by atoms with van der Waals surface area (Å²) in [6, 6.07) is 16.3. The molecule has 2 aromatic carbocycles. The van der Waals surface area contributed by atoms with Gasteiger partial charge >= 0.3 is 0 Å². The summed E-state index contributed by atoms with van der Waals surface area (Å²) in [4.78, 5) is 0. The third kappa shape index (κ3) is 2.43. The lowest BCUT2D eigenvalue weighted by atomic mass is 10.1. The average Bonchev–Trinajstić information content (AvgIpc) is 2.98. The van der Waals surface area contributed by atoms with Gasteiger partial charge in [0.15, 0.2) is 0 Å². The van der Waals surface area contributed by atoms with E-state index in [1.807, 2.05) is 41.3 Å². The molecule has 0 saturated carbocycles. The molecule has 0 N–H and O–H groups in total. The highest BCUT2D eigenvalue weighted by Crippen LogP contribution is 2.22. The van der Waals surface area contributed by atoms with E-state index < -0.39 is 0 Å². The molecular weight excluding hydrogens is 248 g/mol. The van der Waals surface area contributed by atoms with E-state index >= 15 is 0 Å². The van der Waals surface area contributed by atoms with Crippen molar-refractivity contribution in [2.45, 2.75) is 6.92 Å². The van der Waals surface area contributed by atoms with Crippen LogP contribution in [0.3, 0.4) is 0 Å². The zero-order valence-corrected chi connectivity index (χ0v) is 11.6. The lowest BCUT2D eigenvalue weighted by molar-refractivity contribution is 0.415. The fraction of sp³-hybridized carbons (Fsp3) is 0.118. The van der Waals surface area contributed by atoms with Crippen LogP contribution in [-0.2, 0) is 0 Å². The fourth-order valence-corrected chi connectivity index (χ4v) is 2.09. The molecule has 1 aromatic heterocycles. The molecule has 0 aliphatic carbocycles. The van der Waals surface area contributed by atoms with E-state index in [1.165, 1.54) is 5.56 Å². The van der Waals surface area contributed by atoms with Gasteiger partial charge in [0, 0.05) is 11.8 Å². The Morgan fingerprint density at radius 3 is 2.25 bits per heavy atom. The van der Waals surface area contributed by atoms with Crippen molar-refractivity contribution in [2.75, 3.05) is 7.11 Å². The van der Waals surface area contributed by atoms with Crippen molar-refractivity contribution >= 4 is 0 Å². The molecule has 0 saturated heterocycles. The molecule has 3 nitrogen and oxygen atoms in total. The molecule has 0 aliphatic rings. The van der Waals surface area contributed by atoms with Crippen molar-refractivity contribution in [3.8, 4) is 22.6 Å². The summed E-state index contributed by atoms with van der Waals surface area (Å²) in [6.45, 7) is 2.08. The first-order valence-electron chi connectivity index (χ1n) is 6.52. The Morgan fingerprint density at radius 2 is 1.60 bits per heavy atom. The minimum atomic E-state index is 0.861. The smallest absolute Gasteiger partial charge is 0.118 e. The maximum atomic E-state index is 5.17. The second-order valence-corrected chi connectivity index (χ2v) is 4.74. The summed E-state index contributed by atoms with van der Waals surface area (Å²) in [5.74, 6) is 0.861. The zero-order valence-electron chi connectivity index (χ0n) is 11.6. The predicted molar refractivity (Wildman–Crippen MR) is 80.3 cm³/mol. The van der Waals surface area contributed by atoms with Crippen molar-refractivity contribution < 1.29 is 4.74 Å². The second kappa shape index (κ2) is 5.21. The average molecular weight is 264 g/mol. The Morgan fingerprint density at radius 1 is 0.900 bits per heavy atom. The Labute approximate surface area is 118 Å². The molecule has 0 spiro atoms. The van der Waals surface area contributed by atoms with Gasteiger partial charge in [-0.05, 0) is 36.8 Å². The molecule has 3 heteroatoms. The highest BCUT2D eigenvalue weighted by molar-refractivity contribution is 5.63. The number of benzene rings is 2. The van der Waals surface area contributed by atoms with Gasteiger partial charge in [-0.25, -0.2) is 4.68 Å². The highest BCUT2D eigenvalue weighted by atomic mass is 16.5. The molecule has 1 heterocycles. The van der Waals surface area contributed by atoms with Gasteiger partial charge in [0.1, 0.15) is 5.75 Å². The Balaban J connectivity index is 1.91. The number of hydrogen-bond acceptors (Lipinski definition) is 2. The third-order valence-electron chi connectivity index (χ3n) is 3.30. The van der Waals surface area contributed by atoms with Gasteiger partial charge < -0.3 is 4.74 Å². The molecule has 3 aromatic rings. The molecule has 0 radical (unpaired) electrons. The van der Waals surface area contributed by atoms with Crippen LogP contribution in [0.4, 0.5) is 0 Å². The Hall–Kier alpha value is -2.55. The van der Waals surface area contributed by atoms with Gasteiger partial charge in [0.25, 0.3) is 0 Å². The first-order valence-corrected chi connectivity index (χ1v) is 6.52. The van der Waals surface area contributed by atoms with E-state index in [0.717, 1.165) is 22.6 Å². The lowest BCUT2D eigenvalue weighted by Crippen LogP contribution is -1.93. The molecule has 0 unspecified atom stereocenters. The van der Waals surface area contributed by atoms with Crippen LogP contribution in [0.15, 0.2) is 60.9 Å². The monoisotopic (exact) mass is 264 g/mol. The second-order valence-electron chi connectivity index (χ2n) is 4.74. The standard InChI is InChI=1S/C17H16N2O/c1-13-3-7-16(8-4-13)19-12-15(11-18-19)14-5-9-17(20-2)10-6-14/h3-12H,1-2H3. The molecule has 0 aliphatic heterocycles. The Bertz CT molecular complexity index is 697. The fourth-order valence-electron chi connectivity index (χ4n) is 2.09. The summed E-state index contributed by atoms with van der Waals surface area (Å²) < 4.78 is 7.06. The van der Waals surface area contributed by atoms with E-state index in [2.05, 4.69) is 36.3 Å². The minimum Gasteiger partial charge on any atom is -0.497 e. The van der Waals surface area contributed by atoms with Crippen molar-refractivity contribution in [2.24, 2.45) is 0 Å². The zero-order chi connectivity index (χ0) is 13.9.